The number of methoxy groups -OCH3 is 1. The molecule has 0 radical (unpaired) electrons. The van der Waals surface area contributed by atoms with Crippen LogP contribution in [-0.4, -0.2) is 35.5 Å². The van der Waals surface area contributed by atoms with Crippen LogP contribution in [0.3, 0.4) is 0 Å². The first-order valence-corrected chi connectivity index (χ1v) is 8.38. The molecule has 2 amide bonds. The van der Waals surface area contributed by atoms with Gasteiger partial charge in [0.25, 0.3) is 11.1 Å². The minimum Gasteiger partial charge on any atom is -0.497 e. The second-order valence-electron chi connectivity index (χ2n) is 5.33. The molecular weight excluding hydrogens is 338 g/mol. The van der Waals surface area contributed by atoms with Crippen LogP contribution in [0.2, 0.25) is 0 Å². The van der Waals surface area contributed by atoms with Crippen molar-refractivity contribution in [3.63, 3.8) is 0 Å². The van der Waals surface area contributed by atoms with Gasteiger partial charge in [-0.15, -0.1) is 0 Å². The maximum atomic E-state index is 12.4. The summed E-state index contributed by atoms with van der Waals surface area (Å²) < 4.78 is 5.09. The Labute approximate surface area is 149 Å². The number of hydrogen-bond donors (Lipinski definition) is 0. The van der Waals surface area contributed by atoms with Gasteiger partial charge in [-0.05, 0) is 35.5 Å². The zero-order valence-corrected chi connectivity index (χ0v) is 14.3. The molecule has 0 N–H and O–H groups in total. The second kappa shape index (κ2) is 7.36. The molecule has 25 heavy (non-hydrogen) atoms. The zero-order valence-electron chi connectivity index (χ0n) is 13.5. The van der Waals surface area contributed by atoms with Gasteiger partial charge in [-0.2, -0.15) is 0 Å². The molecular formula is C19H15NO4S. The fraction of sp³-hybridized carbons (Fsp3) is 0.105. The van der Waals surface area contributed by atoms with Crippen LogP contribution >= 0.6 is 11.8 Å². The van der Waals surface area contributed by atoms with Crippen LogP contribution in [0.15, 0.2) is 59.5 Å². The number of amides is 2. The van der Waals surface area contributed by atoms with E-state index in [9.17, 15) is 14.4 Å². The van der Waals surface area contributed by atoms with E-state index in [1.807, 2.05) is 0 Å². The lowest BCUT2D eigenvalue weighted by Crippen LogP contribution is -2.33. The van der Waals surface area contributed by atoms with E-state index >= 15 is 0 Å². The maximum absolute atomic E-state index is 12.4. The van der Waals surface area contributed by atoms with Crippen LogP contribution in [-0.2, 0) is 4.79 Å². The van der Waals surface area contributed by atoms with Crippen molar-refractivity contribution in [1.29, 1.82) is 0 Å². The summed E-state index contributed by atoms with van der Waals surface area (Å²) in [5, 5.41) is -0.436. The molecule has 6 heteroatoms. The molecule has 0 bridgehead atoms. The number of imide groups is 1. The average Bonchev–Trinajstić information content (AvgIpc) is 2.90. The number of hydrogen-bond acceptors (Lipinski definition) is 5. The second-order valence-corrected chi connectivity index (χ2v) is 6.32. The lowest BCUT2D eigenvalue weighted by Gasteiger charge is -2.11. The standard InChI is InChI=1S/C19H15NO4S/c1-24-15-9-7-13(8-10-15)11-17-18(22)20(19(23)25-17)12-16(21)14-5-3-2-4-6-14/h2-11H,12H2,1H3/b17-11-. The van der Waals surface area contributed by atoms with Gasteiger partial charge in [-0.1, -0.05) is 42.5 Å². The van der Waals surface area contributed by atoms with Crippen molar-refractivity contribution in [2.24, 2.45) is 0 Å². The van der Waals surface area contributed by atoms with Crippen molar-refractivity contribution >= 4 is 34.8 Å². The van der Waals surface area contributed by atoms with Crippen LogP contribution < -0.4 is 4.74 Å². The van der Waals surface area contributed by atoms with E-state index in [0.717, 1.165) is 22.2 Å². The first-order chi connectivity index (χ1) is 12.1. The number of benzene rings is 2. The highest BCUT2D eigenvalue weighted by Gasteiger charge is 2.36. The van der Waals surface area contributed by atoms with Gasteiger partial charge in [0.1, 0.15) is 5.75 Å². The minimum absolute atomic E-state index is 0.255. The van der Waals surface area contributed by atoms with E-state index in [1.54, 1.807) is 67.8 Å². The first kappa shape index (κ1) is 17.0. The number of carbonyl (C=O) groups excluding carboxylic acids is 3. The number of thioether (sulfide) groups is 1. The summed E-state index contributed by atoms with van der Waals surface area (Å²) in [5.74, 6) is -0.0117. The van der Waals surface area contributed by atoms with Gasteiger partial charge in [0, 0.05) is 5.56 Å². The largest absolute Gasteiger partial charge is 0.497 e. The zero-order chi connectivity index (χ0) is 17.8. The van der Waals surface area contributed by atoms with Gasteiger partial charge < -0.3 is 4.74 Å². The lowest BCUT2D eigenvalue weighted by molar-refractivity contribution is -0.122. The van der Waals surface area contributed by atoms with Gasteiger partial charge in [-0.25, -0.2) is 0 Å². The summed E-state index contributed by atoms with van der Waals surface area (Å²) in [7, 11) is 1.57. The smallest absolute Gasteiger partial charge is 0.293 e. The maximum Gasteiger partial charge on any atom is 0.293 e. The molecule has 2 aromatic carbocycles. The lowest BCUT2D eigenvalue weighted by atomic mass is 10.1. The highest BCUT2D eigenvalue weighted by atomic mass is 32.2. The van der Waals surface area contributed by atoms with Crippen molar-refractivity contribution in [3.05, 3.63) is 70.6 Å². The molecule has 0 spiro atoms. The van der Waals surface area contributed by atoms with Gasteiger partial charge >= 0.3 is 0 Å². The molecule has 1 aliphatic heterocycles. The van der Waals surface area contributed by atoms with Gasteiger partial charge in [-0.3, -0.25) is 19.3 Å². The molecule has 1 aliphatic rings. The van der Waals surface area contributed by atoms with E-state index in [4.69, 9.17) is 4.74 Å². The monoisotopic (exact) mass is 353 g/mol. The van der Waals surface area contributed by atoms with Crippen molar-refractivity contribution in [3.8, 4) is 5.75 Å². The number of ether oxygens (including phenoxy) is 1. The molecule has 0 atom stereocenters. The van der Waals surface area contributed by atoms with Gasteiger partial charge in [0.2, 0.25) is 0 Å². The predicted octanol–water partition coefficient (Wildman–Crippen LogP) is 3.61. The fourth-order valence-electron chi connectivity index (χ4n) is 2.35. The van der Waals surface area contributed by atoms with Crippen molar-refractivity contribution in [2.45, 2.75) is 0 Å². The third-order valence-corrected chi connectivity index (χ3v) is 4.59. The number of Topliss-reactive ketones (excluding diaryl/α,β-unsaturated/α-hetero) is 1. The first-order valence-electron chi connectivity index (χ1n) is 7.56. The van der Waals surface area contributed by atoms with Gasteiger partial charge in [0.05, 0.1) is 18.6 Å². The van der Waals surface area contributed by atoms with Crippen LogP contribution in [0.25, 0.3) is 6.08 Å². The summed E-state index contributed by atoms with van der Waals surface area (Å²) in [6.07, 6.45) is 1.64. The molecule has 5 nitrogen and oxygen atoms in total. The van der Waals surface area contributed by atoms with Crippen LogP contribution in [0.4, 0.5) is 4.79 Å². The number of nitrogens with zero attached hydrogens (tertiary/aromatic N) is 1. The quantitative estimate of drug-likeness (QED) is 0.607. The number of ketones is 1. The third-order valence-electron chi connectivity index (χ3n) is 3.68. The Hall–Kier alpha value is -2.86. The van der Waals surface area contributed by atoms with E-state index in [1.165, 1.54) is 0 Å². The Bertz CT molecular complexity index is 843. The minimum atomic E-state index is -0.449. The average molecular weight is 353 g/mol. The summed E-state index contributed by atoms with van der Waals surface area (Å²) in [5.41, 5.74) is 1.25. The molecule has 126 valence electrons. The summed E-state index contributed by atoms with van der Waals surface area (Å²) in [6, 6.07) is 15.7. The summed E-state index contributed by atoms with van der Waals surface area (Å²) in [6.45, 7) is -0.255. The SMILES string of the molecule is COc1ccc(/C=C2\SC(=O)N(CC(=O)c3ccccc3)C2=O)cc1. The molecule has 1 fully saturated rings. The molecule has 1 saturated heterocycles. The normalized spacial score (nSPS) is 15.7. The van der Waals surface area contributed by atoms with Crippen LogP contribution in [0, 0.1) is 0 Å². The van der Waals surface area contributed by atoms with E-state index in [-0.39, 0.29) is 12.3 Å². The van der Waals surface area contributed by atoms with Crippen molar-refractivity contribution < 1.29 is 19.1 Å². The Morgan fingerprint density at radius 1 is 1.08 bits per heavy atom. The topological polar surface area (TPSA) is 63.7 Å². The third kappa shape index (κ3) is 3.80. The Balaban J connectivity index is 1.75. The Morgan fingerprint density at radius 3 is 2.40 bits per heavy atom. The summed E-state index contributed by atoms with van der Waals surface area (Å²) in [4.78, 5) is 38.1. The number of rotatable bonds is 5. The Morgan fingerprint density at radius 2 is 1.76 bits per heavy atom. The molecule has 1 heterocycles. The number of carbonyl (C=O) groups is 3. The molecule has 0 aliphatic carbocycles. The van der Waals surface area contributed by atoms with Gasteiger partial charge in [0.15, 0.2) is 5.78 Å². The highest BCUT2D eigenvalue weighted by Crippen LogP contribution is 2.32. The fourth-order valence-corrected chi connectivity index (χ4v) is 3.19. The molecule has 0 saturated carbocycles. The van der Waals surface area contributed by atoms with E-state index in [2.05, 4.69) is 0 Å². The highest BCUT2D eigenvalue weighted by molar-refractivity contribution is 8.18. The molecule has 0 aromatic heterocycles. The van der Waals surface area contributed by atoms with E-state index < -0.39 is 11.1 Å². The molecule has 0 unspecified atom stereocenters. The van der Waals surface area contributed by atoms with Crippen molar-refractivity contribution in [1.82, 2.24) is 4.90 Å². The van der Waals surface area contributed by atoms with Crippen LogP contribution in [0.5, 0.6) is 5.75 Å². The molecule has 3 rings (SSSR count). The Kier molecular flexibility index (Phi) is 5.00. The predicted molar refractivity (Wildman–Crippen MR) is 96.4 cm³/mol. The molecule has 2 aromatic rings. The van der Waals surface area contributed by atoms with Crippen molar-refractivity contribution in [2.75, 3.05) is 13.7 Å². The summed E-state index contributed by atoms with van der Waals surface area (Å²) >= 11 is 0.839. The van der Waals surface area contributed by atoms with Crippen LogP contribution in [0.1, 0.15) is 15.9 Å². The van der Waals surface area contributed by atoms with E-state index in [0.29, 0.717) is 16.2 Å².